The fourth-order valence-electron chi connectivity index (χ4n) is 1.91. The van der Waals surface area contributed by atoms with E-state index >= 15 is 0 Å². The minimum Gasteiger partial charge on any atom is -0.378 e. The van der Waals surface area contributed by atoms with Gasteiger partial charge in [0.25, 0.3) is 0 Å². The van der Waals surface area contributed by atoms with Gasteiger partial charge in [0.2, 0.25) is 5.91 Å². The maximum atomic E-state index is 11.9. The second-order valence-electron chi connectivity index (χ2n) is 3.94. The van der Waals surface area contributed by atoms with Crippen LogP contribution in [0.1, 0.15) is 0 Å². The van der Waals surface area contributed by atoms with Gasteiger partial charge in [-0.15, -0.1) is 0 Å². The van der Waals surface area contributed by atoms with E-state index in [-0.39, 0.29) is 5.91 Å². The number of carbonyl (C=O) groups is 1. The van der Waals surface area contributed by atoms with Crippen LogP contribution in [0.25, 0.3) is 0 Å². The first-order valence-corrected chi connectivity index (χ1v) is 5.57. The number of amides is 1. The van der Waals surface area contributed by atoms with Gasteiger partial charge in [-0.3, -0.25) is 9.69 Å². The Morgan fingerprint density at radius 2 is 1.80 bits per heavy atom. The molecule has 1 amide bonds. The first kappa shape index (κ1) is 10.9. The highest BCUT2D eigenvalue weighted by Crippen LogP contribution is 2.00. The molecule has 1 radical (unpaired) electrons. The van der Waals surface area contributed by atoms with Crippen LogP contribution in [-0.4, -0.2) is 74.7 Å². The predicted octanol–water partition coefficient (Wildman–Crippen LogP) is -1.23. The Morgan fingerprint density at radius 1 is 1.13 bits per heavy atom. The van der Waals surface area contributed by atoms with Crippen molar-refractivity contribution < 1.29 is 9.53 Å². The zero-order chi connectivity index (χ0) is 10.5. The van der Waals surface area contributed by atoms with Gasteiger partial charge in [0, 0.05) is 39.3 Å². The quantitative estimate of drug-likeness (QED) is 0.575. The summed E-state index contributed by atoms with van der Waals surface area (Å²) < 4.78 is 5.22. The van der Waals surface area contributed by atoms with Gasteiger partial charge in [0.05, 0.1) is 19.8 Å². The molecule has 0 aromatic heterocycles. The molecule has 2 aliphatic rings. The summed E-state index contributed by atoms with van der Waals surface area (Å²) in [5.74, 6) is 0.236. The molecule has 2 heterocycles. The number of ether oxygens (including phenoxy) is 1. The molecule has 0 unspecified atom stereocenters. The molecule has 2 fully saturated rings. The third-order valence-electron chi connectivity index (χ3n) is 2.87. The lowest BCUT2D eigenvalue weighted by Crippen LogP contribution is -2.49. The highest BCUT2D eigenvalue weighted by molar-refractivity contribution is 5.78. The molecule has 2 aliphatic heterocycles. The van der Waals surface area contributed by atoms with E-state index in [1.807, 2.05) is 4.90 Å². The Labute approximate surface area is 90.4 Å². The molecular weight excluding hydrogens is 194 g/mol. The third kappa shape index (κ3) is 3.15. The van der Waals surface area contributed by atoms with Crippen LogP contribution in [0, 0.1) is 0 Å². The molecule has 5 heteroatoms. The summed E-state index contributed by atoms with van der Waals surface area (Å²) in [7, 11) is 0. The van der Waals surface area contributed by atoms with Crippen molar-refractivity contribution in [1.29, 1.82) is 0 Å². The van der Waals surface area contributed by atoms with Crippen molar-refractivity contribution in [3.63, 3.8) is 0 Å². The summed E-state index contributed by atoms with van der Waals surface area (Å²) in [6.07, 6.45) is 0. The van der Waals surface area contributed by atoms with Crippen molar-refractivity contribution in [2.24, 2.45) is 0 Å². The Balaban J connectivity index is 1.74. The van der Waals surface area contributed by atoms with E-state index in [0.717, 1.165) is 39.3 Å². The topological polar surface area (TPSA) is 46.9 Å². The Kier molecular flexibility index (Phi) is 3.94. The molecule has 2 saturated heterocycles. The van der Waals surface area contributed by atoms with Gasteiger partial charge >= 0.3 is 0 Å². The lowest BCUT2D eigenvalue weighted by atomic mass is 10.3. The van der Waals surface area contributed by atoms with Crippen LogP contribution in [0.15, 0.2) is 0 Å². The lowest BCUT2D eigenvalue weighted by Gasteiger charge is -2.31. The monoisotopic (exact) mass is 212 g/mol. The van der Waals surface area contributed by atoms with Gasteiger partial charge in [-0.25, -0.2) is 5.32 Å². The molecule has 0 aromatic carbocycles. The first-order valence-electron chi connectivity index (χ1n) is 5.57. The lowest BCUT2D eigenvalue weighted by molar-refractivity contribution is -0.136. The zero-order valence-electron chi connectivity index (χ0n) is 9.02. The number of nitrogens with zero attached hydrogens (tertiary/aromatic N) is 3. The van der Waals surface area contributed by atoms with Crippen LogP contribution in [0.4, 0.5) is 0 Å². The maximum Gasteiger partial charge on any atom is 0.236 e. The molecule has 2 rings (SSSR count). The largest absolute Gasteiger partial charge is 0.378 e. The van der Waals surface area contributed by atoms with E-state index in [4.69, 9.17) is 4.74 Å². The standard InChI is InChI=1S/C10H18N3O2/c14-10(13-5-7-15-8-6-13)9-12-3-1-11-2-4-12/h1-9H2. The van der Waals surface area contributed by atoms with Gasteiger partial charge in [0.15, 0.2) is 0 Å². The summed E-state index contributed by atoms with van der Waals surface area (Å²) in [6.45, 7) is 7.00. The van der Waals surface area contributed by atoms with Crippen molar-refractivity contribution in [3.8, 4) is 0 Å². The fraction of sp³-hybridized carbons (Fsp3) is 0.900. The number of hydrogen-bond donors (Lipinski definition) is 0. The summed E-state index contributed by atoms with van der Waals surface area (Å²) >= 11 is 0. The van der Waals surface area contributed by atoms with Crippen molar-refractivity contribution >= 4 is 5.91 Å². The third-order valence-corrected chi connectivity index (χ3v) is 2.87. The fourth-order valence-corrected chi connectivity index (χ4v) is 1.91. The van der Waals surface area contributed by atoms with E-state index in [2.05, 4.69) is 10.2 Å². The van der Waals surface area contributed by atoms with Crippen LogP contribution >= 0.6 is 0 Å². The molecule has 0 saturated carbocycles. The van der Waals surface area contributed by atoms with Crippen molar-refractivity contribution in [2.45, 2.75) is 0 Å². The molecule has 5 nitrogen and oxygen atoms in total. The van der Waals surface area contributed by atoms with E-state index in [0.29, 0.717) is 19.8 Å². The second-order valence-corrected chi connectivity index (χ2v) is 3.94. The Bertz CT molecular complexity index is 211. The second kappa shape index (κ2) is 5.44. The highest BCUT2D eigenvalue weighted by Gasteiger charge is 2.20. The predicted molar refractivity (Wildman–Crippen MR) is 55.7 cm³/mol. The molecule has 0 bridgehead atoms. The molecule has 15 heavy (non-hydrogen) atoms. The first-order chi connectivity index (χ1) is 7.36. The molecule has 0 atom stereocenters. The number of rotatable bonds is 2. The number of morpholine rings is 1. The van der Waals surface area contributed by atoms with Crippen molar-refractivity contribution in [3.05, 3.63) is 0 Å². The van der Waals surface area contributed by atoms with Gasteiger partial charge in [0.1, 0.15) is 0 Å². The van der Waals surface area contributed by atoms with Gasteiger partial charge in [-0.1, -0.05) is 0 Å². The maximum absolute atomic E-state index is 11.9. The van der Waals surface area contributed by atoms with Gasteiger partial charge in [-0.05, 0) is 0 Å². The summed E-state index contributed by atoms with van der Waals surface area (Å²) in [5.41, 5.74) is 0. The Morgan fingerprint density at radius 3 is 2.47 bits per heavy atom. The van der Waals surface area contributed by atoms with Crippen molar-refractivity contribution in [2.75, 3.05) is 59.0 Å². The molecule has 85 valence electrons. The number of carbonyl (C=O) groups excluding carboxylic acids is 1. The SMILES string of the molecule is O=C(CN1CC[N]CC1)N1CCOCC1. The van der Waals surface area contributed by atoms with E-state index in [1.165, 1.54) is 0 Å². The van der Waals surface area contributed by atoms with E-state index in [9.17, 15) is 4.79 Å². The molecular formula is C10H18N3O2. The van der Waals surface area contributed by atoms with Crippen LogP contribution in [0.5, 0.6) is 0 Å². The van der Waals surface area contributed by atoms with Gasteiger partial charge < -0.3 is 9.64 Å². The minimum atomic E-state index is 0.236. The Hall–Kier alpha value is -0.650. The van der Waals surface area contributed by atoms with E-state index < -0.39 is 0 Å². The van der Waals surface area contributed by atoms with Crippen LogP contribution in [-0.2, 0) is 9.53 Å². The highest BCUT2D eigenvalue weighted by atomic mass is 16.5. The van der Waals surface area contributed by atoms with Crippen LogP contribution in [0.2, 0.25) is 0 Å². The molecule has 0 N–H and O–H groups in total. The zero-order valence-corrected chi connectivity index (χ0v) is 9.02. The minimum absolute atomic E-state index is 0.236. The number of piperazine rings is 1. The van der Waals surface area contributed by atoms with E-state index in [1.54, 1.807) is 0 Å². The van der Waals surface area contributed by atoms with Crippen LogP contribution < -0.4 is 5.32 Å². The average Bonchev–Trinajstić information content (AvgIpc) is 2.31. The number of hydrogen-bond acceptors (Lipinski definition) is 3. The van der Waals surface area contributed by atoms with Crippen LogP contribution in [0.3, 0.4) is 0 Å². The smallest absolute Gasteiger partial charge is 0.236 e. The molecule has 0 aromatic rings. The summed E-state index contributed by atoms with van der Waals surface area (Å²) in [4.78, 5) is 15.9. The summed E-state index contributed by atoms with van der Waals surface area (Å²) in [5, 5.41) is 4.26. The molecule has 0 aliphatic carbocycles. The normalized spacial score (nSPS) is 24.1. The average molecular weight is 212 g/mol. The molecule has 0 spiro atoms. The summed E-state index contributed by atoms with van der Waals surface area (Å²) in [6, 6.07) is 0. The van der Waals surface area contributed by atoms with Crippen molar-refractivity contribution in [1.82, 2.24) is 15.1 Å². The van der Waals surface area contributed by atoms with Gasteiger partial charge in [-0.2, -0.15) is 0 Å².